The molecule has 0 bridgehead atoms. The average Bonchev–Trinajstić information content (AvgIpc) is 2.13. The first-order valence-electron chi connectivity index (χ1n) is 4.25. The van der Waals surface area contributed by atoms with Crippen molar-refractivity contribution in [1.29, 1.82) is 0 Å². The Hall–Kier alpha value is -0.810. The van der Waals surface area contributed by atoms with Crippen LogP contribution in [0.5, 0.6) is 0 Å². The first kappa shape index (κ1) is 12.3. The van der Waals surface area contributed by atoms with Gasteiger partial charge in [-0.2, -0.15) is 13.2 Å². The predicted molar refractivity (Wildman–Crippen MR) is 49.5 cm³/mol. The Balaban J connectivity index is 2.58. The fraction of sp³-hybridized carbons (Fsp3) is 0.444. The highest BCUT2D eigenvalue weighted by molar-refractivity contribution is 6.29. The Labute approximate surface area is 89.7 Å². The highest BCUT2D eigenvalue weighted by Gasteiger charge is 2.28. The van der Waals surface area contributed by atoms with Crippen molar-refractivity contribution >= 4 is 11.6 Å². The van der Waals surface area contributed by atoms with Crippen molar-refractivity contribution in [3.05, 3.63) is 29.0 Å². The minimum Gasteiger partial charge on any atom is -0.388 e. The predicted octanol–water partition coefficient (Wildman–Crippen LogP) is 3.11. The van der Waals surface area contributed by atoms with Crippen LogP contribution in [0.3, 0.4) is 0 Å². The van der Waals surface area contributed by atoms with Crippen LogP contribution in [-0.4, -0.2) is 16.3 Å². The highest BCUT2D eigenvalue weighted by atomic mass is 35.5. The lowest BCUT2D eigenvalue weighted by Gasteiger charge is -2.12. The molecular weight excluding hydrogens is 231 g/mol. The van der Waals surface area contributed by atoms with Crippen LogP contribution in [-0.2, 0) is 0 Å². The number of pyridine rings is 1. The van der Waals surface area contributed by atoms with E-state index in [0.29, 0.717) is 5.56 Å². The average molecular weight is 240 g/mol. The molecule has 0 aliphatic heterocycles. The van der Waals surface area contributed by atoms with E-state index in [2.05, 4.69) is 4.98 Å². The monoisotopic (exact) mass is 239 g/mol. The van der Waals surface area contributed by atoms with Crippen molar-refractivity contribution in [2.24, 2.45) is 0 Å². The fourth-order valence-corrected chi connectivity index (χ4v) is 1.27. The maximum Gasteiger partial charge on any atom is 0.389 e. The van der Waals surface area contributed by atoms with Gasteiger partial charge in [-0.15, -0.1) is 0 Å². The number of aliphatic hydroxyl groups excluding tert-OH is 1. The smallest absolute Gasteiger partial charge is 0.388 e. The van der Waals surface area contributed by atoms with Gasteiger partial charge in [-0.05, 0) is 24.1 Å². The summed E-state index contributed by atoms with van der Waals surface area (Å²) in [5, 5.41) is 9.57. The van der Waals surface area contributed by atoms with E-state index in [9.17, 15) is 18.3 Å². The van der Waals surface area contributed by atoms with Crippen molar-refractivity contribution in [1.82, 2.24) is 4.98 Å². The molecule has 1 N–H and O–H groups in total. The standard InChI is InChI=1S/C9H9ClF3NO/c10-8-5-6(2-4-14-8)7(15)1-3-9(11,12)13/h2,4-5,7,15H,1,3H2. The Morgan fingerprint density at radius 2 is 2.13 bits per heavy atom. The van der Waals surface area contributed by atoms with Gasteiger partial charge >= 0.3 is 6.18 Å². The van der Waals surface area contributed by atoms with E-state index in [1.807, 2.05) is 0 Å². The zero-order valence-electron chi connectivity index (χ0n) is 7.63. The van der Waals surface area contributed by atoms with Crippen molar-refractivity contribution in [3.63, 3.8) is 0 Å². The lowest BCUT2D eigenvalue weighted by atomic mass is 10.1. The first-order chi connectivity index (χ1) is 6.88. The van der Waals surface area contributed by atoms with Crippen LogP contribution >= 0.6 is 11.6 Å². The molecular formula is C9H9ClF3NO. The van der Waals surface area contributed by atoms with Crippen molar-refractivity contribution in [2.45, 2.75) is 25.1 Å². The molecule has 1 heterocycles. The van der Waals surface area contributed by atoms with Crippen molar-refractivity contribution < 1.29 is 18.3 Å². The van der Waals surface area contributed by atoms with Gasteiger partial charge in [-0.3, -0.25) is 0 Å². The van der Waals surface area contributed by atoms with Crippen molar-refractivity contribution in [3.8, 4) is 0 Å². The molecule has 0 fully saturated rings. The molecule has 1 aromatic heterocycles. The summed E-state index contributed by atoms with van der Waals surface area (Å²) in [5.74, 6) is 0. The fourth-order valence-electron chi connectivity index (χ4n) is 1.09. The third-order valence-corrected chi connectivity index (χ3v) is 2.04. The summed E-state index contributed by atoms with van der Waals surface area (Å²) in [6.45, 7) is 0. The SMILES string of the molecule is OC(CCC(F)(F)F)c1ccnc(Cl)c1. The molecule has 2 nitrogen and oxygen atoms in total. The van der Waals surface area contributed by atoms with Crippen LogP contribution in [0.15, 0.2) is 18.3 Å². The van der Waals surface area contributed by atoms with E-state index in [4.69, 9.17) is 11.6 Å². The molecule has 1 aromatic rings. The normalized spacial score (nSPS) is 13.9. The summed E-state index contributed by atoms with van der Waals surface area (Å²) < 4.78 is 35.6. The van der Waals surface area contributed by atoms with Crippen LogP contribution in [0, 0.1) is 0 Å². The quantitative estimate of drug-likeness (QED) is 0.822. The lowest BCUT2D eigenvalue weighted by molar-refractivity contribution is -0.140. The van der Waals surface area contributed by atoms with Gasteiger partial charge in [0.1, 0.15) is 5.15 Å². The summed E-state index contributed by atoms with van der Waals surface area (Å²) in [6, 6.07) is 2.79. The Bertz CT molecular complexity index is 329. The maximum absolute atomic E-state index is 11.9. The van der Waals surface area contributed by atoms with Crippen LogP contribution in [0.2, 0.25) is 5.15 Å². The minimum atomic E-state index is -4.25. The number of hydrogen-bond donors (Lipinski definition) is 1. The van der Waals surface area contributed by atoms with Gasteiger partial charge in [0.25, 0.3) is 0 Å². The molecule has 0 aromatic carbocycles. The molecule has 0 spiro atoms. The number of aromatic nitrogens is 1. The number of hydrogen-bond acceptors (Lipinski definition) is 2. The Morgan fingerprint density at radius 1 is 1.47 bits per heavy atom. The van der Waals surface area contributed by atoms with Crippen LogP contribution < -0.4 is 0 Å². The van der Waals surface area contributed by atoms with Gasteiger partial charge in [0.2, 0.25) is 0 Å². The third-order valence-electron chi connectivity index (χ3n) is 1.84. The molecule has 1 rings (SSSR count). The molecule has 0 aliphatic carbocycles. The number of rotatable bonds is 3. The molecule has 6 heteroatoms. The molecule has 1 atom stereocenters. The zero-order chi connectivity index (χ0) is 11.5. The lowest BCUT2D eigenvalue weighted by Crippen LogP contribution is -2.10. The topological polar surface area (TPSA) is 33.1 Å². The largest absolute Gasteiger partial charge is 0.389 e. The van der Waals surface area contributed by atoms with Gasteiger partial charge in [0, 0.05) is 12.6 Å². The number of nitrogens with zero attached hydrogens (tertiary/aromatic N) is 1. The van der Waals surface area contributed by atoms with E-state index in [1.165, 1.54) is 18.3 Å². The number of alkyl halides is 3. The number of aliphatic hydroxyl groups is 1. The van der Waals surface area contributed by atoms with Gasteiger partial charge in [0.15, 0.2) is 0 Å². The zero-order valence-corrected chi connectivity index (χ0v) is 8.39. The second-order valence-electron chi connectivity index (χ2n) is 3.08. The summed E-state index contributed by atoms with van der Waals surface area (Å²) in [7, 11) is 0. The summed E-state index contributed by atoms with van der Waals surface area (Å²) in [4.78, 5) is 3.66. The molecule has 15 heavy (non-hydrogen) atoms. The summed E-state index contributed by atoms with van der Waals surface area (Å²) in [6.07, 6.45) is -5.46. The molecule has 0 radical (unpaired) electrons. The van der Waals surface area contributed by atoms with Crippen LogP contribution in [0.4, 0.5) is 13.2 Å². The molecule has 1 unspecified atom stereocenters. The molecule has 84 valence electrons. The Morgan fingerprint density at radius 3 is 2.67 bits per heavy atom. The van der Waals surface area contributed by atoms with Crippen LogP contribution in [0.25, 0.3) is 0 Å². The summed E-state index contributed by atoms with van der Waals surface area (Å²) in [5.41, 5.74) is 0.347. The Kier molecular flexibility index (Phi) is 3.93. The number of halogens is 4. The first-order valence-corrected chi connectivity index (χ1v) is 4.62. The molecule has 0 aliphatic rings. The molecule has 0 amide bonds. The van der Waals surface area contributed by atoms with E-state index < -0.39 is 18.7 Å². The highest BCUT2D eigenvalue weighted by Crippen LogP contribution is 2.27. The van der Waals surface area contributed by atoms with E-state index in [0.717, 1.165) is 0 Å². The molecule has 0 saturated carbocycles. The maximum atomic E-state index is 11.9. The second-order valence-corrected chi connectivity index (χ2v) is 3.47. The minimum absolute atomic E-state index is 0.151. The second kappa shape index (κ2) is 4.81. The van der Waals surface area contributed by atoms with E-state index in [1.54, 1.807) is 0 Å². The van der Waals surface area contributed by atoms with Gasteiger partial charge < -0.3 is 5.11 Å². The van der Waals surface area contributed by atoms with Gasteiger partial charge in [-0.1, -0.05) is 11.6 Å². The van der Waals surface area contributed by atoms with Crippen LogP contribution in [0.1, 0.15) is 24.5 Å². The molecule has 0 saturated heterocycles. The summed E-state index contributed by atoms with van der Waals surface area (Å²) >= 11 is 5.53. The van der Waals surface area contributed by atoms with Gasteiger partial charge in [0.05, 0.1) is 6.10 Å². The van der Waals surface area contributed by atoms with E-state index >= 15 is 0 Å². The van der Waals surface area contributed by atoms with Crippen molar-refractivity contribution in [2.75, 3.05) is 0 Å². The third kappa shape index (κ3) is 4.48. The van der Waals surface area contributed by atoms with Gasteiger partial charge in [-0.25, -0.2) is 4.98 Å². The van der Waals surface area contributed by atoms with E-state index in [-0.39, 0.29) is 11.6 Å².